The van der Waals surface area contributed by atoms with Crippen LogP contribution in [0.5, 0.6) is 0 Å². The third-order valence-electron chi connectivity index (χ3n) is 4.96. The molecule has 0 saturated heterocycles. The van der Waals surface area contributed by atoms with Crippen molar-refractivity contribution in [2.24, 2.45) is 11.1 Å². The van der Waals surface area contributed by atoms with Crippen LogP contribution in [0.15, 0.2) is 12.3 Å². The maximum Gasteiger partial charge on any atom is 0.0338 e. The van der Waals surface area contributed by atoms with Crippen molar-refractivity contribution in [3.63, 3.8) is 0 Å². The van der Waals surface area contributed by atoms with Crippen molar-refractivity contribution >= 4 is 0 Å². The molecule has 0 aliphatic heterocycles. The van der Waals surface area contributed by atoms with Crippen LogP contribution < -0.4 is 5.73 Å². The fourth-order valence-electron chi connectivity index (χ4n) is 3.99. The van der Waals surface area contributed by atoms with Crippen LogP contribution in [0.4, 0.5) is 0 Å². The van der Waals surface area contributed by atoms with Crippen LogP contribution in [0.3, 0.4) is 0 Å². The molecule has 2 aliphatic rings. The van der Waals surface area contributed by atoms with Crippen molar-refractivity contribution in [1.29, 1.82) is 0 Å². The first-order valence-corrected chi connectivity index (χ1v) is 7.52. The van der Waals surface area contributed by atoms with Gasteiger partial charge in [-0.15, -0.1) is 0 Å². The fraction of sp³-hybridized carbons (Fsp3) is 0.750. The molecule has 18 heavy (non-hydrogen) atoms. The molecule has 1 heterocycles. The number of hydrogen-bond donors (Lipinski definition) is 1. The summed E-state index contributed by atoms with van der Waals surface area (Å²) in [5.41, 5.74) is 9.70. The largest absolute Gasteiger partial charge is 0.348 e. The summed E-state index contributed by atoms with van der Waals surface area (Å²) in [5.74, 6) is 0. The Kier molecular flexibility index (Phi) is 3.01. The minimum absolute atomic E-state index is 0.284. The Balaban J connectivity index is 1.88. The lowest BCUT2D eigenvalue weighted by atomic mass is 9.75. The summed E-state index contributed by atoms with van der Waals surface area (Å²) in [4.78, 5) is 0. The van der Waals surface area contributed by atoms with Crippen molar-refractivity contribution in [3.8, 4) is 0 Å². The number of fused-ring (bicyclic) bond motifs is 1. The molecule has 2 N–H and O–H groups in total. The van der Waals surface area contributed by atoms with E-state index in [1.165, 1.54) is 49.8 Å². The van der Waals surface area contributed by atoms with E-state index in [2.05, 4.69) is 30.7 Å². The highest BCUT2D eigenvalue weighted by Gasteiger charge is 2.31. The molecule has 100 valence electrons. The van der Waals surface area contributed by atoms with Crippen molar-refractivity contribution in [3.05, 3.63) is 23.5 Å². The summed E-state index contributed by atoms with van der Waals surface area (Å²) in [6, 6.07) is 3.27. The van der Waals surface area contributed by atoms with Crippen LogP contribution in [-0.2, 0) is 6.42 Å². The molecule has 0 aromatic carbocycles. The molecule has 1 aromatic heterocycles. The molecule has 2 heteroatoms. The summed E-state index contributed by atoms with van der Waals surface area (Å²) in [5, 5.41) is 0. The van der Waals surface area contributed by atoms with E-state index in [4.69, 9.17) is 5.73 Å². The SMILES string of the molecule is CC1(C)CCCC(n2ccc3c2CCCC3N)C1. The van der Waals surface area contributed by atoms with Crippen molar-refractivity contribution in [2.75, 3.05) is 0 Å². The Hall–Kier alpha value is -0.760. The maximum atomic E-state index is 6.23. The molecule has 3 rings (SSSR count). The average molecular weight is 246 g/mol. The highest BCUT2D eigenvalue weighted by atomic mass is 15.0. The second-order valence-corrected chi connectivity index (χ2v) is 7.04. The third-order valence-corrected chi connectivity index (χ3v) is 4.96. The maximum absolute atomic E-state index is 6.23. The lowest BCUT2D eigenvalue weighted by Crippen LogP contribution is -2.27. The van der Waals surface area contributed by atoms with Crippen LogP contribution in [0.2, 0.25) is 0 Å². The van der Waals surface area contributed by atoms with Gasteiger partial charge in [-0.2, -0.15) is 0 Å². The van der Waals surface area contributed by atoms with Crippen LogP contribution in [0.1, 0.15) is 75.7 Å². The normalized spacial score (nSPS) is 31.1. The van der Waals surface area contributed by atoms with Gasteiger partial charge in [0.1, 0.15) is 0 Å². The molecule has 0 bridgehead atoms. The van der Waals surface area contributed by atoms with E-state index in [0.29, 0.717) is 11.5 Å². The van der Waals surface area contributed by atoms with Gasteiger partial charge in [0, 0.05) is 24.0 Å². The van der Waals surface area contributed by atoms with E-state index in [9.17, 15) is 0 Å². The summed E-state index contributed by atoms with van der Waals surface area (Å²) in [7, 11) is 0. The highest BCUT2D eigenvalue weighted by Crippen LogP contribution is 2.42. The third kappa shape index (κ3) is 2.11. The molecule has 1 aromatic rings. The van der Waals surface area contributed by atoms with Gasteiger partial charge in [0.15, 0.2) is 0 Å². The van der Waals surface area contributed by atoms with Gasteiger partial charge in [0.05, 0.1) is 0 Å². The minimum atomic E-state index is 0.284. The van der Waals surface area contributed by atoms with Crippen LogP contribution in [0, 0.1) is 5.41 Å². The molecule has 0 amide bonds. The summed E-state index contributed by atoms with van der Waals surface area (Å²) >= 11 is 0. The van der Waals surface area contributed by atoms with E-state index in [1.54, 1.807) is 0 Å². The second-order valence-electron chi connectivity index (χ2n) is 7.04. The van der Waals surface area contributed by atoms with Crippen LogP contribution in [-0.4, -0.2) is 4.57 Å². The van der Waals surface area contributed by atoms with Gasteiger partial charge in [0.2, 0.25) is 0 Å². The molecule has 1 saturated carbocycles. The molecule has 0 radical (unpaired) electrons. The summed E-state index contributed by atoms with van der Waals surface area (Å²) in [6.07, 6.45) is 11.4. The van der Waals surface area contributed by atoms with E-state index in [-0.39, 0.29) is 6.04 Å². The second kappa shape index (κ2) is 4.41. The Morgan fingerprint density at radius 2 is 2.11 bits per heavy atom. The van der Waals surface area contributed by atoms with Gasteiger partial charge >= 0.3 is 0 Å². The van der Waals surface area contributed by atoms with Gasteiger partial charge in [-0.05, 0) is 55.6 Å². The van der Waals surface area contributed by atoms with E-state index in [1.807, 2.05) is 0 Å². The Bertz CT molecular complexity index is 430. The number of hydrogen-bond acceptors (Lipinski definition) is 1. The first-order chi connectivity index (χ1) is 8.57. The molecular weight excluding hydrogens is 220 g/mol. The Morgan fingerprint density at radius 1 is 1.28 bits per heavy atom. The molecule has 2 unspecified atom stereocenters. The zero-order chi connectivity index (χ0) is 12.8. The lowest BCUT2D eigenvalue weighted by molar-refractivity contribution is 0.181. The Labute approximate surface area is 111 Å². The minimum Gasteiger partial charge on any atom is -0.348 e. The van der Waals surface area contributed by atoms with E-state index in [0.717, 1.165) is 6.42 Å². The monoisotopic (exact) mass is 246 g/mol. The quantitative estimate of drug-likeness (QED) is 0.798. The van der Waals surface area contributed by atoms with Gasteiger partial charge < -0.3 is 10.3 Å². The Morgan fingerprint density at radius 3 is 2.89 bits per heavy atom. The van der Waals surface area contributed by atoms with E-state index < -0.39 is 0 Å². The van der Waals surface area contributed by atoms with Gasteiger partial charge in [-0.25, -0.2) is 0 Å². The summed E-state index contributed by atoms with van der Waals surface area (Å²) < 4.78 is 2.56. The van der Waals surface area contributed by atoms with Crippen LogP contribution in [0.25, 0.3) is 0 Å². The topological polar surface area (TPSA) is 30.9 Å². The van der Waals surface area contributed by atoms with Gasteiger partial charge in [-0.1, -0.05) is 20.3 Å². The standard InChI is InChI=1S/C16H26N2/c1-16(2)9-4-5-12(11-16)18-10-8-13-14(17)6-3-7-15(13)18/h8,10,12,14H,3-7,9,11,17H2,1-2H3. The predicted molar refractivity (Wildman–Crippen MR) is 75.6 cm³/mol. The highest BCUT2D eigenvalue weighted by molar-refractivity contribution is 5.29. The first-order valence-electron chi connectivity index (χ1n) is 7.52. The number of nitrogens with zero attached hydrogens (tertiary/aromatic N) is 1. The fourth-order valence-corrected chi connectivity index (χ4v) is 3.99. The van der Waals surface area contributed by atoms with Crippen molar-refractivity contribution in [1.82, 2.24) is 4.57 Å². The van der Waals surface area contributed by atoms with Gasteiger partial charge in [0.25, 0.3) is 0 Å². The van der Waals surface area contributed by atoms with Gasteiger partial charge in [-0.3, -0.25) is 0 Å². The van der Waals surface area contributed by atoms with E-state index >= 15 is 0 Å². The van der Waals surface area contributed by atoms with Crippen molar-refractivity contribution in [2.45, 2.75) is 70.9 Å². The predicted octanol–water partition coefficient (Wildman–Crippen LogP) is 3.97. The van der Waals surface area contributed by atoms with Crippen molar-refractivity contribution < 1.29 is 0 Å². The zero-order valence-corrected chi connectivity index (χ0v) is 11.8. The number of aromatic nitrogens is 1. The molecule has 2 aliphatic carbocycles. The average Bonchev–Trinajstić information content (AvgIpc) is 2.73. The summed E-state index contributed by atoms with van der Waals surface area (Å²) in [6.45, 7) is 4.84. The number of rotatable bonds is 1. The molecule has 1 fully saturated rings. The first kappa shape index (κ1) is 12.3. The van der Waals surface area contributed by atoms with Crippen LogP contribution >= 0.6 is 0 Å². The molecule has 0 spiro atoms. The molecule has 2 atom stereocenters. The zero-order valence-electron chi connectivity index (χ0n) is 11.8. The number of nitrogens with two attached hydrogens (primary N) is 1. The molecular formula is C16H26N2. The lowest BCUT2D eigenvalue weighted by Gasteiger charge is -2.37. The molecule has 2 nitrogen and oxygen atoms in total. The smallest absolute Gasteiger partial charge is 0.0338 e.